The molecule has 8 heteroatoms. The fourth-order valence-corrected chi connectivity index (χ4v) is 4.35. The summed E-state index contributed by atoms with van der Waals surface area (Å²) in [6.07, 6.45) is -0.623. The van der Waals surface area contributed by atoms with Crippen LogP contribution in [0.2, 0.25) is 0 Å². The first-order chi connectivity index (χ1) is 14.7. The van der Waals surface area contributed by atoms with Gasteiger partial charge in [-0.05, 0) is 53.3 Å². The molecule has 2 aliphatic rings. The van der Waals surface area contributed by atoms with Crippen LogP contribution in [0.25, 0.3) is 0 Å². The molecule has 0 saturated carbocycles. The van der Waals surface area contributed by atoms with Gasteiger partial charge in [0.15, 0.2) is 0 Å². The van der Waals surface area contributed by atoms with E-state index in [0.29, 0.717) is 30.9 Å². The van der Waals surface area contributed by atoms with Gasteiger partial charge in [0.05, 0.1) is 6.04 Å². The number of carbonyl (C=O) groups is 3. The Balaban J connectivity index is 1.63. The monoisotopic (exact) mass is 423 g/mol. The number of likely N-dealkylation sites (N-methyl/N-ethyl adjacent to an activating group) is 1. The number of rotatable bonds is 3. The third-order valence-corrected chi connectivity index (χ3v) is 5.96. The summed E-state index contributed by atoms with van der Waals surface area (Å²) in [6.45, 7) is 5.22. The molecule has 4 rings (SSSR count). The Bertz CT molecular complexity index is 1060. The number of piperazine rings is 1. The van der Waals surface area contributed by atoms with E-state index in [1.807, 2.05) is 30.3 Å². The summed E-state index contributed by atoms with van der Waals surface area (Å²) < 4.78 is 4.79. The molecular weight excluding hydrogens is 398 g/mol. The molecule has 2 aromatic carbocycles. The molecule has 0 aliphatic carbocycles. The van der Waals surface area contributed by atoms with Gasteiger partial charge in [-0.1, -0.05) is 26.0 Å². The van der Waals surface area contributed by atoms with E-state index in [-0.39, 0.29) is 11.5 Å². The third-order valence-electron chi connectivity index (χ3n) is 5.96. The molecule has 0 radical (unpaired) electrons. The summed E-state index contributed by atoms with van der Waals surface area (Å²) in [5.41, 5.74) is 3.42. The van der Waals surface area contributed by atoms with Crippen LogP contribution in [-0.4, -0.2) is 48.1 Å². The molecule has 1 atom stereocenters. The molecule has 0 bridgehead atoms. The lowest BCUT2D eigenvalue weighted by Gasteiger charge is -2.41. The largest absolute Gasteiger partial charge is 0.511 e. The number of ether oxygens (including phenoxy) is 1. The van der Waals surface area contributed by atoms with Gasteiger partial charge >= 0.3 is 18.0 Å². The van der Waals surface area contributed by atoms with Crippen LogP contribution in [0.1, 0.15) is 31.0 Å². The van der Waals surface area contributed by atoms with Crippen LogP contribution in [0.15, 0.2) is 42.5 Å². The van der Waals surface area contributed by atoms with Gasteiger partial charge in [0.25, 0.3) is 0 Å². The smallest absolute Gasteiger partial charge is 0.449 e. The van der Waals surface area contributed by atoms with Crippen LogP contribution in [-0.2, 0) is 16.0 Å². The van der Waals surface area contributed by atoms with E-state index >= 15 is 0 Å². The number of hydrogen-bond acceptors (Lipinski definition) is 5. The van der Waals surface area contributed by atoms with Crippen molar-refractivity contribution >= 4 is 29.3 Å². The highest BCUT2D eigenvalue weighted by molar-refractivity contribution is 6.40. The Labute approximate surface area is 180 Å². The Morgan fingerprint density at radius 3 is 2.65 bits per heavy atom. The van der Waals surface area contributed by atoms with Crippen molar-refractivity contribution in [1.82, 2.24) is 4.90 Å². The number of amides is 2. The fraction of sp³-hybridized carbons (Fsp3) is 0.348. The van der Waals surface area contributed by atoms with Gasteiger partial charge in [-0.3, -0.25) is 9.59 Å². The number of fused-ring (bicyclic) bond motifs is 1. The molecule has 2 amide bonds. The molecule has 1 unspecified atom stereocenters. The zero-order valence-corrected chi connectivity index (χ0v) is 17.7. The van der Waals surface area contributed by atoms with Crippen LogP contribution in [0.5, 0.6) is 5.75 Å². The molecule has 8 nitrogen and oxygen atoms in total. The van der Waals surface area contributed by atoms with Crippen LogP contribution in [0, 0.1) is 5.41 Å². The average Bonchev–Trinajstić information content (AvgIpc) is 2.70. The zero-order valence-electron chi connectivity index (χ0n) is 17.7. The normalized spacial score (nSPS) is 20.2. The summed E-state index contributed by atoms with van der Waals surface area (Å²) in [6, 6.07) is 12.9. The van der Waals surface area contributed by atoms with Gasteiger partial charge in [-0.2, -0.15) is 0 Å². The highest BCUT2D eigenvalue weighted by Gasteiger charge is 2.37. The molecule has 2 N–H and O–H groups in total. The first-order valence-electron chi connectivity index (χ1n) is 10.1. The van der Waals surface area contributed by atoms with Crippen molar-refractivity contribution in [3.8, 4) is 5.75 Å². The van der Waals surface area contributed by atoms with Crippen LogP contribution in [0.4, 0.5) is 16.2 Å². The van der Waals surface area contributed by atoms with Gasteiger partial charge in [0.2, 0.25) is 0 Å². The van der Waals surface area contributed by atoms with E-state index in [1.54, 1.807) is 19.2 Å². The maximum absolute atomic E-state index is 12.5. The number of carboxylic acid groups (broad SMARTS) is 1. The maximum atomic E-state index is 12.5. The van der Waals surface area contributed by atoms with Crippen LogP contribution >= 0.6 is 0 Å². The second-order valence-electron chi connectivity index (χ2n) is 8.71. The molecule has 1 saturated heterocycles. The molecule has 1 fully saturated rings. The predicted molar refractivity (Wildman–Crippen MR) is 115 cm³/mol. The Morgan fingerprint density at radius 2 is 1.90 bits per heavy atom. The standard InChI is InChI=1S/C23H25N3O5/c1-23(2)13-15-12-17(31-22(29)30)7-8-18(15)24-19(23)14-5-4-6-16(11-14)26-10-9-25(3)20(27)21(26)28/h4-8,11-12,19,24H,9-10,13H2,1-3H3,(H,29,30). The summed E-state index contributed by atoms with van der Waals surface area (Å²) in [5.74, 6) is -0.721. The van der Waals surface area contributed by atoms with E-state index in [2.05, 4.69) is 19.2 Å². The van der Waals surface area contributed by atoms with E-state index in [0.717, 1.165) is 16.8 Å². The second kappa shape index (κ2) is 7.61. The second-order valence-corrected chi connectivity index (χ2v) is 8.71. The minimum absolute atomic E-state index is 0.0375. The Kier molecular flexibility index (Phi) is 5.08. The Morgan fingerprint density at radius 1 is 1.13 bits per heavy atom. The molecule has 2 aromatic rings. The van der Waals surface area contributed by atoms with Crippen molar-refractivity contribution in [2.45, 2.75) is 26.3 Å². The predicted octanol–water partition coefficient (Wildman–Crippen LogP) is 3.28. The number of nitrogens with zero attached hydrogens (tertiary/aromatic N) is 2. The lowest BCUT2D eigenvalue weighted by molar-refractivity contribution is -0.145. The van der Waals surface area contributed by atoms with E-state index in [9.17, 15) is 14.4 Å². The highest BCUT2D eigenvalue weighted by atomic mass is 16.7. The minimum atomic E-state index is -1.34. The van der Waals surface area contributed by atoms with Crippen molar-refractivity contribution in [2.24, 2.45) is 5.41 Å². The van der Waals surface area contributed by atoms with Crippen molar-refractivity contribution in [3.63, 3.8) is 0 Å². The summed E-state index contributed by atoms with van der Waals surface area (Å²) in [7, 11) is 1.63. The number of nitrogens with one attached hydrogen (secondary N) is 1. The van der Waals surface area contributed by atoms with Gasteiger partial charge < -0.3 is 25.0 Å². The van der Waals surface area contributed by atoms with Crippen molar-refractivity contribution in [3.05, 3.63) is 53.6 Å². The number of benzene rings is 2. The van der Waals surface area contributed by atoms with Crippen LogP contribution < -0.4 is 15.0 Å². The summed E-state index contributed by atoms with van der Waals surface area (Å²) in [4.78, 5) is 38.4. The fourth-order valence-electron chi connectivity index (χ4n) is 4.35. The number of anilines is 2. The van der Waals surface area contributed by atoms with Crippen LogP contribution in [0.3, 0.4) is 0 Å². The number of hydrogen-bond donors (Lipinski definition) is 2. The maximum Gasteiger partial charge on any atom is 0.511 e. The lowest BCUT2D eigenvalue weighted by Crippen LogP contribution is -2.53. The molecule has 0 aromatic heterocycles. The zero-order chi connectivity index (χ0) is 22.3. The molecule has 162 valence electrons. The SMILES string of the molecule is CN1CCN(c2cccc(C3Nc4ccc(OC(=O)O)cc4CC3(C)C)c2)C(=O)C1=O. The third kappa shape index (κ3) is 3.93. The first-order valence-corrected chi connectivity index (χ1v) is 10.1. The quantitative estimate of drug-likeness (QED) is 0.447. The van der Waals surface area contributed by atoms with Crippen molar-refractivity contribution in [1.29, 1.82) is 0 Å². The van der Waals surface area contributed by atoms with Gasteiger partial charge in [-0.25, -0.2) is 4.79 Å². The van der Waals surface area contributed by atoms with Gasteiger partial charge in [0.1, 0.15) is 5.75 Å². The van der Waals surface area contributed by atoms with E-state index in [4.69, 9.17) is 9.84 Å². The molecule has 2 aliphatic heterocycles. The number of carbonyl (C=O) groups excluding carboxylic acids is 2. The topological polar surface area (TPSA) is 99.2 Å². The van der Waals surface area contributed by atoms with Gasteiger partial charge in [-0.15, -0.1) is 0 Å². The highest BCUT2D eigenvalue weighted by Crippen LogP contribution is 2.46. The summed E-state index contributed by atoms with van der Waals surface area (Å²) >= 11 is 0. The Hall–Kier alpha value is -3.55. The van der Waals surface area contributed by atoms with E-state index in [1.165, 1.54) is 9.80 Å². The summed E-state index contributed by atoms with van der Waals surface area (Å²) in [5, 5.41) is 12.4. The lowest BCUT2D eigenvalue weighted by atomic mass is 9.73. The van der Waals surface area contributed by atoms with Gasteiger partial charge in [0, 0.05) is 31.5 Å². The molecule has 31 heavy (non-hydrogen) atoms. The first kappa shape index (κ1) is 20.7. The van der Waals surface area contributed by atoms with E-state index < -0.39 is 18.0 Å². The molecule has 2 heterocycles. The average molecular weight is 423 g/mol. The van der Waals surface area contributed by atoms with Crippen molar-refractivity contribution in [2.75, 3.05) is 30.4 Å². The molecular formula is C23H25N3O5. The minimum Gasteiger partial charge on any atom is -0.449 e. The molecule has 0 spiro atoms. The van der Waals surface area contributed by atoms with Crippen molar-refractivity contribution < 1.29 is 24.2 Å².